The van der Waals surface area contributed by atoms with Gasteiger partial charge in [-0.3, -0.25) is 9.10 Å². The molecule has 1 heterocycles. The van der Waals surface area contributed by atoms with Crippen LogP contribution in [0.25, 0.3) is 5.53 Å². The van der Waals surface area contributed by atoms with E-state index < -0.39 is 15.8 Å². The number of hydrogen-bond acceptors (Lipinski definition) is 3. The lowest BCUT2D eigenvalue weighted by molar-refractivity contribution is 0.00235. The third kappa shape index (κ3) is 2.92. The van der Waals surface area contributed by atoms with Gasteiger partial charge in [-0.05, 0) is 17.2 Å². The lowest BCUT2D eigenvalue weighted by Gasteiger charge is -2.18. The largest absolute Gasteiger partial charge is 0.361 e. The quantitative estimate of drug-likeness (QED) is 0.372. The molecule has 2 aromatic rings. The Hall–Kier alpha value is -2.76. The Morgan fingerprint density at radius 2 is 1.96 bits per heavy atom. The number of benzene rings is 2. The number of fused-ring (bicyclic) bond motifs is 1. The lowest BCUT2D eigenvalue weighted by Crippen LogP contribution is -2.26. The molecule has 0 aliphatic carbocycles. The number of sulfonamides is 1. The monoisotopic (exact) mass is 327 g/mol. The Labute approximate surface area is 133 Å². The Kier molecular flexibility index (Phi) is 3.82. The number of rotatable bonds is 4. The van der Waals surface area contributed by atoms with Gasteiger partial charge in [-0.25, -0.2) is 8.42 Å². The first-order chi connectivity index (χ1) is 11.0. The van der Waals surface area contributed by atoms with Gasteiger partial charge in [0.25, 0.3) is 5.78 Å². The summed E-state index contributed by atoms with van der Waals surface area (Å²) >= 11 is 0. The van der Waals surface area contributed by atoms with Crippen molar-refractivity contribution in [3.8, 4) is 0 Å². The molecule has 0 atom stereocenters. The van der Waals surface area contributed by atoms with E-state index in [1.54, 1.807) is 6.07 Å². The minimum atomic E-state index is -3.46. The summed E-state index contributed by atoms with van der Waals surface area (Å²) in [6.45, 7) is 0.210. The zero-order chi connectivity index (χ0) is 16.4. The maximum Gasteiger partial charge on any atom is 0.328 e. The van der Waals surface area contributed by atoms with Crippen LogP contribution in [0, 0.1) is 0 Å². The van der Waals surface area contributed by atoms with Gasteiger partial charge >= 0.3 is 6.21 Å². The van der Waals surface area contributed by atoms with Crippen LogP contribution in [0.5, 0.6) is 0 Å². The van der Waals surface area contributed by atoms with E-state index in [9.17, 15) is 13.2 Å². The van der Waals surface area contributed by atoms with Gasteiger partial charge in [-0.1, -0.05) is 42.5 Å². The number of carbonyl (C=O) groups excluding carboxylic acids is 1. The number of Topliss-reactive ketones (excluding diaryl/α,β-unsaturated/α-hetero) is 1. The summed E-state index contributed by atoms with van der Waals surface area (Å²) in [5, 5.41) is 0. The number of ketones is 1. The highest BCUT2D eigenvalue weighted by Gasteiger charge is 2.33. The van der Waals surface area contributed by atoms with E-state index in [2.05, 4.69) is 4.79 Å². The molecule has 0 unspecified atom stereocenters. The van der Waals surface area contributed by atoms with Gasteiger partial charge in [0.1, 0.15) is 0 Å². The minimum Gasteiger partial charge on any atom is -0.361 e. The standard InChI is InChI=1S/C16H13N3O3S/c17-18-9-16(20)13-6-7-14-11-23(21,22)19(15(14)8-13)10-12-4-2-1-3-5-12/h1-9H,10-11H2. The first kappa shape index (κ1) is 15.1. The maximum absolute atomic E-state index is 12.4. The van der Waals surface area contributed by atoms with Crippen LogP contribution >= 0.6 is 0 Å². The molecular weight excluding hydrogens is 314 g/mol. The molecule has 0 bridgehead atoms. The van der Waals surface area contributed by atoms with Crippen molar-refractivity contribution in [3.63, 3.8) is 0 Å². The Morgan fingerprint density at radius 1 is 1.22 bits per heavy atom. The molecule has 0 radical (unpaired) electrons. The van der Waals surface area contributed by atoms with Crippen molar-refractivity contribution in [2.24, 2.45) is 0 Å². The molecular formula is C16H13N3O3S. The third-order valence-corrected chi connectivity index (χ3v) is 5.33. The van der Waals surface area contributed by atoms with Crippen molar-refractivity contribution in [1.82, 2.24) is 0 Å². The highest BCUT2D eigenvalue weighted by Crippen LogP contribution is 2.35. The molecule has 3 rings (SSSR count). The summed E-state index contributed by atoms with van der Waals surface area (Å²) in [5.41, 5.74) is 10.7. The molecule has 0 fully saturated rings. The molecule has 1 aliphatic rings. The molecule has 0 spiro atoms. The maximum atomic E-state index is 12.4. The van der Waals surface area contributed by atoms with Crippen molar-refractivity contribution in [2.45, 2.75) is 12.3 Å². The summed E-state index contributed by atoms with van der Waals surface area (Å²) in [6, 6.07) is 13.9. The molecule has 1 aliphatic heterocycles. The van der Waals surface area contributed by atoms with Gasteiger partial charge in [0.15, 0.2) is 0 Å². The molecule has 2 aromatic carbocycles. The van der Waals surface area contributed by atoms with Crippen molar-refractivity contribution in [2.75, 3.05) is 4.31 Å². The van der Waals surface area contributed by atoms with Gasteiger partial charge in [0.2, 0.25) is 10.0 Å². The van der Waals surface area contributed by atoms with Crippen LogP contribution in [0.4, 0.5) is 5.69 Å². The summed E-state index contributed by atoms with van der Waals surface area (Å²) in [7, 11) is -3.46. The number of carbonyl (C=O) groups is 1. The predicted molar refractivity (Wildman–Crippen MR) is 85.7 cm³/mol. The average molecular weight is 327 g/mol. The van der Waals surface area contributed by atoms with E-state index in [0.717, 1.165) is 11.8 Å². The SMILES string of the molecule is [N-]=[N+]=CC(=O)c1ccc2c(c1)N(Cc1ccccc1)S(=O)(=O)C2. The second kappa shape index (κ2) is 5.79. The highest BCUT2D eigenvalue weighted by molar-refractivity contribution is 7.92. The fourth-order valence-corrected chi connectivity index (χ4v) is 4.16. The van der Waals surface area contributed by atoms with Crippen molar-refractivity contribution in [3.05, 3.63) is 70.8 Å². The molecule has 0 amide bonds. The predicted octanol–water partition coefficient (Wildman–Crippen LogP) is 2.02. The van der Waals surface area contributed by atoms with Crippen LogP contribution in [-0.2, 0) is 22.3 Å². The van der Waals surface area contributed by atoms with Crippen molar-refractivity contribution < 1.29 is 18.0 Å². The van der Waals surface area contributed by atoms with E-state index in [0.29, 0.717) is 11.3 Å². The van der Waals surface area contributed by atoms with E-state index in [4.69, 9.17) is 5.53 Å². The normalized spacial score (nSPS) is 14.9. The molecule has 116 valence electrons. The summed E-state index contributed by atoms with van der Waals surface area (Å²) in [6.07, 6.45) is 0.784. The van der Waals surface area contributed by atoms with E-state index in [1.807, 2.05) is 30.3 Å². The van der Waals surface area contributed by atoms with Gasteiger partial charge < -0.3 is 5.53 Å². The fourth-order valence-electron chi connectivity index (χ4n) is 2.56. The molecule has 7 heteroatoms. The van der Waals surface area contributed by atoms with Gasteiger partial charge in [-0.2, -0.15) is 4.79 Å². The van der Waals surface area contributed by atoms with E-state index >= 15 is 0 Å². The lowest BCUT2D eigenvalue weighted by atomic mass is 10.1. The Balaban J connectivity index is 2.03. The molecule has 23 heavy (non-hydrogen) atoms. The summed E-state index contributed by atoms with van der Waals surface area (Å²) < 4.78 is 26.1. The van der Waals surface area contributed by atoms with Crippen LogP contribution in [0.3, 0.4) is 0 Å². The smallest absolute Gasteiger partial charge is 0.328 e. The first-order valence-corrected chi connectivity index (χ1v) is 8.51. The van der Waals surface area contributed by atoms with Crippen LogP contribution in [0.15, 0.2) is 48.5 Å². The summed E-state index contributed by atoms with van der Waals surface area (Å²) in [5.74, 6) is -0.572. The van der Waals surface area contributed by atoms with Gasteiger partial charge in [0.05, 0.1) is 18.0 Å². The zero-order valence-electron chi connectivity index (χ0n) is 12.1. The van der Waals surface area contributed by atoms with E-state index in [1.165, 1.54) is 16.4 Å². The fraction of sp³-hybridized carbons (Fsp3) is 0.125. The second-order valence-corrected chi connectivity index (χ2v) is 7.09. The second-order valence-electron chi connectivity index (χ2n) is 5.20. The topological polar surface area (TPSA) is 90.8 Å². The zero-order valence-corrected chi connectivity index (χ0v) is 12.9. The van der Waals surface area contributed by atoms with Crippen LogP contribution < -0.4 is 4.31 Å². The molecule has 6 nitrogen and oxygen atoms in total. The van der Waals surface area contributed by atoms with Crippen LogP contribution in [0.2, 0.25) is 0 Å². The molecule has 0 saturated heterocycles. The number of nitrogens with zero attached hydrogens (tertiary/aromatic N) is 3. The molecule has 0 N–H and O–H groups in total. The van der Waals surface area contributed by atoms with E-state index in [-0.39, 0.29) is 17.9 Å². The van der Waals surface area contributed by atoms with Crippen molar-refractivity contribution in [1.29, 1.82) is 0 Å². The Bertz CT molecular complexity index is 917. The van der Waals surface area contributed by atoms with Crippen LogP contribution in [-0.4, -0.2) is 25.2 Å². The first-order valence-electron chi connectivity index (χ1n) is 6.90. The number of anilines is 1. The molecule has 0 saturated carbocycles. The van der Waals surface area contributed by atoms with Crippen LogP contribution in [0.1, 0.15) is 21.5 Å². The van der Waals surface area contributed by atoms with Gasteiger partial charge in [-0.15, -0.1) is 0 Å². The third-order valence-electron chi connectivity index (χ3n) is 3.66. The highest BCUT2D eigenvalue weighted by atomic mass is 32.2. The Morgan fingerprint density at radius 3 is 2.65 bits per heavy atom. The molecule has 0 aromatic heterocycles. The minimum absolute atomic E-state index is 0.0856. The average Bonchev–Trinajstić information content (AvgIpc) is 2.78. The number of hydrogen-bond donors (Lipinski definition) is 0. The van der Waals surface area contributed by atoms with Gasteiger partial charge in [0, 0.05) is 5.56 Å². The summed E-state index contributed by atoms with van der Waals surface area (Å²) in [4.78, 5) is 14.5. The van der Waals surface area contributed by atoms with Crippen molar-refractivity contribution >= 4 is 27.7 Å².